The Hall–Kier alpha value is -1.85. The first kappa shape index (κ1) is 13.6. The maximum absolute atomic E-state index is 10.6. The maximum atomic E-state index is 10.6. The molecule has 1 aliphatic carbocycles. The number of anilines is 2. The number of rotatable bonds is 6. The van der Waals surface area contributed by atoms with E-state index in [9.17, 15) is 4.79 Å². The van der Waals surface area contributed by atoms with E-state index >= 15 is 0 Å². The van der Waals surface area contributed by atoms with E-state index in [-0.39, 0.29) is 6.42 Å². The average molecular weight is 264 g/mol. The van der Waals surface area contributed by atoms with E-state index in [0.29, 0.717) is 12.6 Å². The van der Waals surface area contributed by atoms with E-state index in [4.69, 9.17) is 5.11 Å². The predicted molar refractivity (Wildman–Crippen MR) is 73.4 cm³/mol. The molecule has 2 rings (SSSR count). The van der Waals surface area contributed by atoms with Gasteiger partial charge in [-0.2, -0.15) is 0 Å². The fourth-order valence-corrected chi connectivity index (χ4v) is 2.29. The number of carboxylic acids is 1. The van der Waals surface area contributed by atoms with Gasteiger partial charge in [0.25, 0.3) is 0 Å². The molecule has 19 heavy (non-hydrogen) atoms. The SMILES string of the molecule is CN(CCC(=O)O)c1cc(NC2CCCC2)ncn1. The second-order valence-electron chi connectivity index (χ2n) is 4.95. The summed E-state index contributed by atoms with van der Waals surface area (Å²) in [6.07, 6.45) is 6.54. The van der Waals surface area contributed by atoms with E-state index < -0.39 is 5.97 Å². The van der Waals surface area contributed by atoms with Crippen LogP contribution in [0.3, 0.4) is 0 Å². The summed E-state index contributed by atoms with van der Waals surface area (Å²) in [5.74, 6) is 0.765. The van der Waals surface area contributed by atoms with Gasteiger partial charge >= 0.3 is 5.97 Å². The first-order valence-corrected chi connectivity index (χ1v) is 6.66. The second kappa shape index (κ2) is 6.36. The van der Waals surface area contributed by atoms with Crippen LogP contribution in [-0.2, 0) is 4.79 Å². The molecule has 0 bridgehead atoms. The maximum Gasteiger partial charge on any atom is 0.305 e. The van der Waals surface area contributed by atoms with Crippen molar-refractivity contribution in [1.29, 1.82) is 0 Å². The largest absolute Gasteiger partial charge is 0.481 e. The van der Waals surface area contributed by atoms with Crippen LogP contribution in [0.25, 0.3) is 0 Å². The van der Waals surface area contributed by atoms with Crippen LogP contribution in [0.2, 0.25) is 0 Å². The zero-order valence-corrected chi connectivity index (χ0v) is 11.2. The summed E-state index contributed by atoms with van der Waals surface area (Å²) in [7, 11) is 1.84. The number of nitrogens with zero attached hydrogens (tertiary/aromatic N) is 3. The number of hydrogen-bond acceptors (Lipinski definition) is 5. The van der Waals surface area contributed by atoms with E-state index in [0.717, 1.165) is 11.6 Å². The molecule has 1 saturated carbocycles. The number of aliphatic carboxylic acids is 1. The molecule has 0 aliphatic heterocycles. The van der Waals surface area contributed by atoms with E-state index in [2.05, 4.69) is 15.3 Å². The lowest BCUT2D eigenvalue weighted by Gasteiger charge is -2.18. The Kier molecular flexibility index (Phi) is 4.54. The van der Waals surface area contributed by atoms with Crippen molar-refractivity contribution in [2.45, 2.75) is 38.1 Å². The molecule has 2 N–H and O–H groups in total. The van der Waals surface area contributed by atoms with Gasteiger partial charge < -0.3 is 15.3 Å². The van der Waals surface area contributed by atoms with Gasteiger partial charge in [-0.3, -0.25) is 4.79 Å². The third-order valence-electron chi connectivity index (χ3n) is 3.41. The zero-order chi connectivity index (χ0) is 13.7. The van der Waals surface area contributed by atoms with Gasteiger partial charge in [0.05, 0.1) is 6.42 Å². The van der Waals surface area contributed by atoms with Gasteiger partial charge in [0.2, 0.25) is 0 Å². The highest BCUT2D eigenvalue weighted by Crippen LogP contribution is 2.22. The number of hydrogen-bond donors (Lipinski definition) is 2. The molecule has 1 fully saturated rings. The summed E-state index contributed by atoms with van der Waals surface area (Å²) < 4.78 is 0. The second-order valence-corrected chi connectivity index (χ2v) is 4.95. The Labute approximate surface area is 112 Å². The van der Waals surface area contributed by atoms with Gasteiger partial charge in [0, 0.05) is 25.7 Å². The summed E-state index contributed by atoms with van der Waals surface area (Å²) in [6, 6.07) is 2.38. The Balaban J connectivity index is 1.95. The van der Waals surface area contributed by atoms with Crippen molar-refractivity contribution in [2.24, 2.45) is 0 Å². The lowest BCUT2D eigenvalue weighted by Crippen LogP contribution is -2.23. The molecule has 1 aromatic heterocycles. The number of aromatic nitrogens is 2. The number of carboxylic acid groups (broad SMARTS) is 1. The summed E-state index contributed by atoms with van der Waals surface area (Å²) in [4.78, 5) is 20.8. The van der Waals surface area contributed by atoms with Crippen molar-refractivity contribution in [2.75, 3.05) is 23.8 Å². The van der Waals surface area contributed by atoms with Crippen molar-refractivity contribution in [3.63, 3.8) is 0 Å². The fourth-order valence-electron chi connectivity index (χ4n) is 2.29. The molecule has 0 aromatic carbocycles. The molecule has 1 aromatic rings. The highest BCUT2D eigenvalue weighted by atomic mass is 16.4. The van der Waals surface area contributed by atoms with Crippen LogP contribution in [0.5, 0.6) is 0 Å². The molecule has 0 saturated heterocycles. The zero-order valence-electron chi connectivity index (χ0n) is 11.2. The molecule has 0 radical (unpaired) electrons. The van der Waals surface area contributed by atoms with Crippen LogP contribution < -0.4 is 10.2 Å². The van der Waals surface area contributed by atoms with E-state index in [1.165, 1.54) is 32.0 Å². The third-order valence-corrected chi connectivity index (χ3v) is 3.41. The molecular formula is C13H20N4O2. The van der Waals surface area contributed by atoms with Crippen LogP contribution >= 0.6 is 0 Å². The van der Waals surface area contributed by atoms with Crippen LogP contribution in [0.4, 0.5) is 11.6 Å². The first-order valence-electron chi connectivity index (χ1n) is 6.66. The minimum atomic E-state index is -0.801. The fraction of sp³-hybridized carbons (Fsp3) is 0.615. The van der Waals surface area contributed by atoms with Crippen LogP contribution in [0.1, 0.15) is 32.1 Å². The standard InChI is InChI=1S/C13H20N4O2/c1-17(7-6-13(18)19)12-8-11(14-9-15-12)16-10-4-2-3-5-10/h8-10H,2-7H2,1H3,(H,18,19)(H,14,15,16). The monoisotopic (exact) mass is 264 g/mol. The van der Waals surface area contributed by atoms with Gasteiger partial charge in [-0.05, 0) is 12.8 Å². The van der Waals surface area contributed by atoms with Crippen molar-refractivity contribution >= 4 is 17.6 Å². The van der Waals surface area contributed by atoms with Crippen LogP contribution in [-0.4, -0.2) is 40.7 Å². The molecular weight excluding hydrogens is 244 g/mol. The summed E-state index contributed by atoms with van der Waals surface area (Å²) in [6.45, 7) is 0.440. The van der Waals surface area contributed by atoms with Crippen molar-refractivity contribution < 1.29 is 9.90 Å². The Morgan fingerprint density at radius 2 is 2.21 bits per heavy atom. The summed E-state index contributed by atoms with van der Waals surface area (Å²) in [5.41, 5.74) is 0. The predicted octanol–water partition coefficient (Wildman–Crippen LogP) is 1.74. The molecule has 0 atom stereocenters. The van der Waals surface area contributed by atoms with Gasteiger partial charge in [0.1, 0.15) is 18.0 Å². The molecule has 6 heteroatoms. The molecule has 6 nitrogen and oxygen atoms in total. The van der Waals surface area contributed by atoms with E-state index in [1.807, 2.05) is 18.0 Å². The lowest BCUT2D eigenvalue weighted by molar-refractivity contribution is -0.136. The van der Waals surface area contributed by atoms with Crippen LogP contribution in [0, 0.1) is 0 Å². The molecule has 0 spiro atoms. The first-order chi connectivity index (χ1) is 9.15. The number of carbonyl (C=O) groups is 1. The topological polar surface area (TPSA) is 78.4 Å². The normalized spacial score (nSPS) is 15.4. The third kappa shape index (κ3) is 4.08. The van der Waals surface area contributed by atoms with Gasteiger partial charge in [0.15, 0.2) is 0 Å². The Bertz CT molecular complexity index is 432. The quantitative estimate of drug-likeness (QED) is 0.815. The van der Waals surface area contributed by atoms with Crippen molar-refractivity contribution in [3.05, 3.63) is 12.4 Å². The minimum absolute atomic E-state index is 0.103. The van der Waals surface area contributed by atoms with Crippen LogP contribution in [0.15, 0.2) is 12.4 Å². The smallest absolute Gasteiger partial charge is 0.305 e. The summed E-state index contributed by atoms with van der Waals surface area (Å²) >= 11 is 0. The highest BCUT2D eigenvalue weighted by molar-refractivity contribution is 5.67. The van der Waals surface area contributed by atoms with Gasteiger partial charge in [-0.1, -0.05) is 12.8 Å². The molecule has 0 amide bonds. The van der Waals surface area contributed by atoms with E-state index in [1.54, 1.807) is 0 Å². The summed E-state index contributed by atoms with van der Waals surface area (Å²) in [5, 5.41) is 12.1. The molecule has 1 heterocycles. The lowest BCUT2D eigenvalue weighted by atomic mass is 10.2. The van der Waals surface area contributed by atoms with Gasteiger partial charge in [-0.25, -0.2) is 9.97 Å². The van der Waals surface area contributed by atoms with Gasteiger partial charge in [-0.15, -0.1) is 0 Å². The molecule has 104 valence electrons. The average Bonchev–Trinajstić information content (AvgIpc) is 2.89. The highest BCUT2D eigenvalue weighted by Gasteiger charge is 2.15. The Morgan fingerprint density at radius 1 is 1.47 bits per heavy atom. The van der Waals surface area contributed by atoms with Crippen molar-refractivity contribution in [1.82, 2.24) is 9.97 Å². The molecule has 0 unspecified atom stereocenters. The Morgan fingerprint density at radius 3 is 2.89 bits per heavy atom. The van der Waals surface area contributed by atoms with Crippen molar-refractivity contribution in [3.8, 4) is 0 Å². The minimum Gasteiger partial charge on any atom is -0.481 e. The number of nitrogens with one attached hydrogen (secondary N) is 1. The molecule has 1 aliphatic rings.